The van der Waals surface area contributed by atoms with Crippen LogP contribution in [0.15, 0.2) is 12.3 Å². The number of carbonyl (C=O) groups is 1. The fourth-order valence-electron chi connectivity index (χ4n) is 1.91. The first-order chi connectivity index (χ1) is 10.3. The van der Waals surface area contributed by atoms with Gasteiger partial charge in [-0.05, 0) is 20.8 Å². The fraction of sp³-hybridized carbons (Fsp3) is 0.643. The molecule has 1 amide bonds. The second-order valence-electron chi connectivity index (χ2n) is 5.94. The molecule has 0 N–H and O–H groups in total. The Morgan fingerprint density at radius 1 is 1.55 bits per heavy atom. The molecular weight excluding hydrogens is 310 g/mol. The molecular formula is C14H20ClN3O4. The van der Waals surface area contributed by atoms with Gasteiger partial charge in [0.25, 0.3) is 0 Å². The molecule has 0 radical (unpaired) electrons. The van der Waals surface area contributed by atoms with Crippen molar-refractivity contribution in [1.29, 1.82) is 0 Å². The van der Waals surface area contributed by atoms with Crippen LogP contribution in [0.25, 0.3) is 0 Å². The van der Waals surface area contributed by atoms with Crippen LogP contribution < -0.4 is 4.74 Å². The van der Waals surface area contributed by atoms with Crippen molar-refractivity contribution in [3.8, 4) is 5.75 Å². The SMILES string of the molecule is CC(C)(C)OC(=O)N1CCOC(COc2cnnc(Cl)c2)C1. The third-order valence-corrected chi connectivity index (χ3v) is 3.01. The number of hydrogen-bond donors (Lipinski definition) is 0. The summed E-state index contributed by atoms with van der Waals surface area (Å²) in [6.07, 6.45) is 0.906. The van der Waals surface area contributed by atoms with Crippen LogP contribution in [0.4, 0.5) is 4.79 Å². The highest BCUT2D eigenvalue weighted by molar-refractivity contribution is 6.29. The topological polar surface area (TPSA) is 73.8 Å². The van der Waals surface area contributed by atoms with Gasteiger partial charge in [-0.1, -0.05) is 11.6 Å². The molecule has 1 saturated heterocycles. The van der Waals surface area contributed by atoms with E-state index in [0.29, 0.717) is 32.1 Å². The quantitative estimate of drug-likeness (QED) is 0.846. The number of morpholine rings is 1. The summed E-state index contributed by atoms with van der Waals surface area (Å²) in [5.74, 6) is 0.512. The first-order valence-corrected chi connectivity index (χ1v) is 7.42. The van der Waals surface area contributed by atoms with Gasteiger partial charge < -0.3 is 19.1 Å². The van der Waals surface area contributed by atoms with E-state index >= 15 is 0 Å². The predicted molar refractivity (Wildman–Crippen MR) is 80.1 cm³/mol. The van der Waals surface area contributed by atoms with Crippen molar-refractivity contribution in [1.82, 2.24) is 15.1 Å². The second kappa shape index (κ2) is 7.11. The van der Waals surface area contributed by atoms with Gasteiger partial charge in [0.15, 0.2) is 5.15 Å². The summed E-state index contributed by atoms with van der Waals surface area (Å²) in [4.78, 5) is 13.7. The maximum atomic E-state index is 12.0. The van der Waals surface area contributed by atoms with E-state index in [-0.39, 0.29) is 17.4 Å². The number of aromatic nitrogens is 2. The maximum Gasteiger partial charge on any atom is 0.410 e. The third kappa shape index (κ3) is 5.31. The van der Waals surface area contributed by atoms with Gasteiger partial charge in [-0.2, -0.15) is 5.10 Å². The molecule has 0 aromatic carbocycles. The van der Waals surface area contributed by atoms with Crippen LogP contribution in [-0.4, -0.2) is 59.2 Å². The first kappa shape index (κ1) is 16.8. The summed E-state index contributed by atoms with van der Waals surface area (Å²) in [5.41, 5.74) is -0.513. The van der Waals surface area contributed by atoms with E-state index in [1.54, 1.807) is 11.0 Å². The molecule has 1 aromatic heterocycles. The number of nitrogens with zero attached hydrogens (tertiary/aromatic N) is 3. The zero-order valence-electron chi connectivity index (χ0n) is 12.9. The molecule has 7 nitrogen and oxygen atoms in total. The van der Waals surface area contributed by atoms with E-state index in [9.17, 15) is 4.79 Å². The van der Waals surface area contributed by atoms with Crippen LogP contribution in [0.5, 0.6) is 5.75 Å². The van der Waals surface area contributed by atoms with Gasteiger partial charge in [-0.25, -0.2) is 4.79 Å². The van der Waals surface area contributed by atoms with Crippen LogP contribution in [0.1, 0.15) is 20.8 Å². The number of rotatable bonds is 3. The van der Waals surface area contributed by atoms with E-state index in [4.69, 9.17) is 25.8 Å². The highest BCUT2D eigenvalue weighted by atomic mass is 35.5. The maximum absolute atomic E-state index is 12.0. The van der Waals surface area contributed by atoms with Crippen molar-refractivity contribution in [2.75, 3.05) is 26.3 Å². The van der Waals surface area contributed by atoms with E-state index in [2.05, 4.69) is 10.2 Å². The largest absolute Gasteiger partial charge is 0.489 e. The van der Waals surface area contributed by atoms with Crippen LogP contribution in [0.3, 0.4) is 0 Å². The highest BCUT2D eigenvalue weighted by Gasteiger charge is 2.28. The summed E-state index contributed by atoms with van der Waals surface area (Å²) in [7, 11) is 0. The van der Waals surface area contributed by atoms with Gasteiger partial charge >= 0.3 is 6.09 Å². The number of amides is 1. The Morgan fingerprint density at radius 2 is 2.32 bits per heavy atom. The van der Waals surface area contributed by atoms with Gasteiger partial charge in [0.1, 0.15) is 24.1 Å². The van der Waals surface area contributed by atoms with Crippen molar-refractivity contribution < 1.29 is 19.0 Å². The molecule has 0 aliphatic carbocycles. The lowest BCUT2D eigenvalue weighted by atomic mass is 10.2. The van der Waals surface area contributed by atoms with Gasteiger partial charge in [0, 0.05) is 12.6 Å². The summed E-state index contributed by atoms with van der Waals surface area (Å²) in [6, 6.07) is 1.57. The van der Waals surface area contributed by atoms with Crippen LogP contribution >= 0.6 is 11.6 Å². The van der Waals surface area contributed by atoms with Gasteiger partial charge in [-0.3, -0.25) is 0 Å². The molecule has 0 bridgehead atoms. The number of carbonyl (C=O) groups excluding carboxylic acids is 1. The van der Waals surface area contributed by atoms with Crippen molar-refractivity contribution in [2.45, 2.75) is 32.5 Å². The van der Waals surface area contributed by atoms with E-state index in [0.717, 1.165) is 0 Å². The molecule has 0 spiro atoms. The molecule has 1 unspecified atom stereocenters. The average molecular weight is 330 g/mol. The molecule has 0 saturated carbocycles. The fourth-order valence-corrected chi connectivity index (χ4v) is 2.06. The smallest absolute Gasteiger partial charge is 0.410 e. The van der Waals surface area contributed by atoms with Crippen molar-refractivity contribution in [3.05, 3.63) is 17.4 Å². The third-order valence-electron chi connectivity index (χ3n) is 2.83. The Labute approximate surface area is 134 Å². The van der Waals surface area contributed by atoms with E-state index in [1.807, 2.05) is 20.8 Å². The van der Waals surface area contributed by atoms with Crippen molar-refractivity contribution >= 4 is 17.7 Å². The summed E-state index contributed by atoms with van der Waals surface area (Å²) in [5, 5.41) is 7.60. The van der Waals surface area contributed by atoms with Crippen molar-refractivity contribution in [3.63, 3.8) is 0 Å². The normalized spacial score (nSPS) is 18.9. The van der Waals surface area contributed by atoms with E-state index < -0.39 is 5.60 Å². The standard InChI is InChI=1S/C14H20ClN3O4/c1-14(2,3)22-13(19)18-4-5-20-11(8-18)9-21-10-6-12(15)17-16-7-10/h6-7,11H,4-5,8-9H2,1-3H3. The lowest BCUT2D eigenvalue weighted by Gasteiger charge is -2.34. The molecule has 1 aromatic rings. The molecule has 22 heavy (non-hydrogen) atoms. The Balaban J connectivity index is 1.84. The molecule has 1 aliphatic rings. The van der Waals surface area contributed by atoms with Crippen LogP contribution in [0, 0.1) is 0 Å². The lowest BCUT2D eigenvalue weighted by Crippen LogP contribution is -2.49. The molecule has 1 atom stereocenters. The van der Waals surface area contributed by atoms with Gasteiger partial charge in [0.2, 0.25) is 0 Å². The monoisotopic (exact) mass is 329 g/mol. The van der Waals surface area contributed by atoms with E-state index in [1.165, 1.54) is 6.20 Å². The molecule has 2 rings (SSSR count). The summed E-state index contributed by atoms with van der Waals surface area (Å²) in [6.45, 7) is 7.18. The molecule has 1 aliphatic heterocycles. The summed E-state index contributed by atoms with van der Waals surface area (Å²) >= 11 is 5.74. The summed E-state index contributed by atoms with van der Waals surface area (Å²) < 4.78 is 16.5. The zero-order valence-corrected chi connectivity index (χ0v) is 13.7. The molecule has 122 valence electrons. The minimum Gasteiger partial charge on any atom is -0.489 e. The number of hydrogen-bond acceptors (Lipinski definition) is 6. The number of ether oxygens (including phenoxy) is 3. The Kier molecular flexibility index (Phi) is 5.42. The number of halogens is 1. The van der Waals surface area contributed by atoms with Crippen LogP contribution in [0.2, 0.25) is 5.15 Å². The minimum atomic E-state index is -0.513. The second-order valence-corrected chi connectivity index (χ2v) is 6.33. The molecule has 2 heterocycles. The van der Waals surface area contributed by atoms with Crippen molar-refractivity contribution in [2.24, 2.45) is 0 Å². The minimum absolute atomic E-state index is 0.229. The van der Waals surface area contributed by atoms with Gasteiger partial charge in [0.05, 0.1) is 19.3 Å². The molecule has 8 heteroatoms. The Bertz CT molecular complexity index is 521. The Morgan fingerprint density at radius 3 is 3.00 bits per heavy atom. The molecule has 1 fully saturated rings. The predicted octanol–water partition coefficient (Wildman–Crippen LogP) is 2.14. The Hall–Kier alpha value is -1.60. The zero-order chi connectivity index (χ0) is 16.2. The lowest BCUT2D eigenvalue weighted by molar-refractivity contribution is -0.0557. The average Bonchev–Trinajstić information content (AvgIpc) is 2.44. The van der Waals surface area contributed by atoms with Crippen LogP contribution in [-0.2, 0) is 9.47 Å². The highest BCUT2D eigenvalue weighted by Crippen LogP contribution is 2.16. The first-order valence-electron chi connectivity index (χ1n) is 7.04. The van der Waals surface area contributed by atoms with Gasteiger partial charge in [-0.15, -0.1) is 5.10 Å².